The SMILES string of the molecule is C=CCNc1nc(C)cn1CCC(F)(F)F. The number of alkyl halides is 3. The summed E-state index contributed by atoms with van der Waals surface area (Å²) in [5.41, 5.74) is 0.689. The first-order valence-corrected chi connectivity index (χ1v) is 4.87. The Morgan fingerprint density at radius 1 is 1.56 bits per heavy atom. The molecular weight excluding hydrogens is 219 g/mol. The van der Waals surface area contributed by atoms with Crippen molar-refractivity contribution in [3.05, 3.63) is 24.5 Å². The lowest BCUT2D eigenvalue weighted by Gasteiger charge is -2.10. The van der Waals surface area contributed by atoms with E-state index in [1.165, 1.54) is 4.57 Å². The van der Waals surface area contributed by atoms with E-state index in [0.29, 0.717) is 18.2 Å². The quantitative estimate of drug-likeness (QED) is 0.792. The highest BCUT2D eigenvalue weighted by molar-refractivity contribution is 5.29. The molecule has 0 aromatic carbocycles. The summed E-state index contributed by atoms with van der Waals surface area (Å²) in [6.07, 6.45) is -1.78. The standard InChI is InChI=1S/C10H14F3N3/c1-3-5-14-9-15-8(2)7-16(9)6-4-10(11,12)13/h3,7H,1,4-6H2,2H3,(H,14,15). The minimum Gasteiger partial charge on any atom is -0.352 e. The number of imidazole rings is 1. The molecular formula is C10H14F3N3. The molecule has 0 atom stereocenters. The fourth-order valence-electron chi connectivity index (χ4n) is 1.27. The molecule has 0 saturated carbocycles. The van der Waals surface area contributed by atoms with Gasteiger partial charge in [0.1, 0.15) is 0 Å². The van der Waals surface area contributed by atoms with Gasteiger partial charge in [0.25, 0.3) is 0 Å². The number of nitrogens with zero attached hydrogens (tertiary/aromatic N) is 2. The van der Waals surface area contributed by atoms with Crippen molar-refractivity contribution in [1.29, 1.82) is 0 Å². The first-order chi connectivity index (χ1) is 7.42. The maximum absolute atomic E-state index is 12.1. The van der Waals surface area contributed by atoms with Crippen molar-refractivity contribution >= 4 is 5.95 Å². The second kappa shape index (κ2) is 5.05. The second-order valence-electron chi connectivity index (χ2n) is 3.43. The van der Waals surface area contributed by atoms with E-state index in [9.17, 15) is 13.2 Å². The number of anilines is 1. The van der Waals surface area contributed by atoms with Crippen LogP contribution in [-0.2, 0) is 6.54 Å². The molecule has 1 rings (SSSR count). The van der Waals surface area contributed by atoms with E-state index in [-0.39, 0.29) is 6.54 Å². The Morgan fingerprint density at radius 2 is 2.25 bits per heavy atom. The number of hydrogen-bond donors (Lipinski definition) is 1. The molecule has 1 heterocycles. The molecule has 0 spiro atoms. The van der Waals surface area contributed by atoms with Crippen LogP contribution in [-0.4, -0.2) is 22.3 Å². The minimum atomic E-state index is -4.14. The van der Waals surface area contributed by atoms with Crippen LogP contribution in [0.3, 0.4) is 0 Å². The van der Waals surface area contributed by atoms with E-state index in [1.807, 2.05) is 0 Å². The molecule has 90 valence electrons. The summed E-state index contributed by atoms with van der Waals surface area (Å²) >= 11 is 0. The number of halogens is 3. The van der Waals surface area contributed by atoms with Gasteiger partial charge in [-0.05, 0) is 6.92 Å². The fraction of sp³-hybridized carbons (Fsp3) is 0.500. The van der Waals surface area contributed by atoms with Crippen LogP contribution in [0, 0.1) is 6.92 Å². The lowest BCUT2D eigenvalue weighted by Crippen LogP contribution is -2.14. The van der Waals surface area contributed by atoms with E-state index in [4.69, 9.17) is 0 Å². The van der Waals surface area contributed by atoms with Gasteiger partial charge < -0.3 is 9.88 Å². The number of aromatic nitrogens is 2. The van der Waals surface area contributed by atoms with E-state index in [2.05, 4.69) is 16.9 Å². The van der Waals surface area contributed by atoms with Gasteiger partial charge in [-0.3, -0.25) is 0 Å². The molecule has 0 saturated heterocycles. The molecule has 0 aliphatic carbocycles. The highest BCUT2D eigenvalue weighted by Gasteiger charge is 2.27. The van der Waals surface area contributed by atoms with Crippen LogP contribution in [0.1, 0.15) is 12.1 Å². The molecule has 16 heavy (non-hydrogen) atoms. The molecule has 0 radical (unpaired) electrons. The third-order valence-electron chi connectivity index (χ3n) is 1.94. The van der Waals surface area contributed by atoms with Gasteiger partial charge in [-0.25, -0.2) is 4.98 Å². The molecule has 1 aromatic rings. The summed E-state index contributed by atoms with van der Waals surface area (Å²) in [5, 5.41) is 2.89. The molecule has 3 nitrogen and oxygen atoms in total. The number of hydrogen-bond acceptors (Lipinski definition) is 2. The van der Waals surface area contributed by atoms with Crippen molar-refractivity contribution in [2.24, 2.45) is 0 Å². The number of nitrogens with one attached hydrogen (secondary N) is 1. The predicted molar refractivity (Wildman–Crippen MR) is 56.3 cm³/mol. The molecule has 1 N–H and O–H groups in total. The van der Waals surface area contributed by atoms with E-state index in [0.717, 1.165) is 0 Å². The molecule has 0 aliphatic rings. The first-order valence-electron chi connectivity index (χ1n) is 4.87. The summed E-state index contributed by atoms with van der Waals surface area (Å²) in [5.74, 6) is 0.446. The number of rotatable bonds is 5. The summed E-state index contributed by atoms with van der Waals surface area (Å²) in [6, 6.07) is 0. The largest absolute Gasteiger partial charge is 0.390 e. The fourth-order valence-corrected chi connectivity index (χ4v) is 1.27. The van der Waals surface area contributed by atoms with Crippen LogP contribution in [0.15, 0.2) is 18.9 Å². The molecule has 0 fully saturated rings. The van der Waals surface area contributed by atoms with Crippen LogP contribution in [0.25, 0.3) is 0 Å². The van der Waals surface area contributed by atoms with Gasteiger partial charge in [-0.2, -0.15) is 13.2 Å². The van der Waals surface area contributed by atoms with Gasteiger partial charge in [-0.1, -0.05) is 6.08 Å². The highest BCUT2D eigenvalue weighted by Crippen LogP contribution is 2.21. The van der Waals surface area contributed by atoms with Crippen molar-refractivity contribution in [3.63, 3.8) is 0 Å². The summed E-state index contributed by atoms with van der Waals surface area (Å²) in [6.45, 7) is 5.61. The maximum Gasteiger partial charge on any atom is 0.390 e. The molecule has 0 aliphatic heterocycles. The maximum atomic E-state index is 12.1. The lowest BCUT2D eigenvalue weighted by atomic mass is 10.4. The van der Waals surface area contributed by atoms with Crippen molar-refractivity contribution in [2.75, 3.05) is 11.9 Å². The van der Waals surface area contributed by atoms with Crippen LogP contribution >= 0.6 is 0 Å². The zero-order chi connectivity index (χ0) is 12.2. The van der Waals surface area contributed by atoms with Gasteiger partial charge >= 0.3 is 6.18 Å². The molecule has 0 unspecified atom stereocenters. The molecule has 6 heteroatoms. The zero-order valence-corrected chi connectivity index (χ0v) is 9.01. The normalized spacial score (nSPS) is 11.5. The van der Waals surface area contributed by atoms with Gasteiger partial charge in [0.2, 0.25) is 5.95 Å². The second-order valence-corrected chi connectivity index (χ2v) is 3.43. The topological polar surface area (TPSA) is 29.9 Å². The minimum absolute atomic E-state index is 0.121. The van der Waals surface area contributed by atoms with E-state index < -0.39 is 12.6 Å². The summed E-state index contributed by atoms with van der Waals surface area (Å²) in [7, 11) is 0. The number of aryl methyl sites for hydroxylation is 2. The zero-order valence-electron chi connectivity index (χ0n) is 9.01. The van der Waals surface area contributed by atoms with Crippen molar-refractivity contribution in [1.82, 2.24) is 9.55 Å². The van der Waals surface area contributed by atoms with Gasteiger partial charge in [-0.15, -0.1) is 6.58 Å². The van der Waals surface area contributed by atoms with Gasteiger partial charge in [0.05, 0.1) is 12.1 Å². The summed E-state index contributed by atoms with van der Waals surface area (Å²) in [4.78, 5) is 4.09. The van der Waals surface area contributed by atoms with Crippen LogP contribution in [0.4, 0.5) is 19.1 Å². The van der Waals surface area contributed by atoms with Crippen molar-refractivity contribution < 1.29 is 13.2 Å². The average molecular weight is 233 g/mol. The van der Waals surface area contributed by atoms with Crippen molar-refractivity contribution in [3.8, 4) is 0 Å². The Hall–Kier alpha value is -1.46. The summed E-state index contributed by atoms with van der Waals surface area (Å²) < 4.78 is 37.6. The van der Waals surface area contributed by atoms with Crippen LogP contribution < -0.4 is 5.32 Å². The first kappa shape index (κ1) is 12.6. The van der Waals surface area contributed by atoms with E-state index >= 15 is 0 Å². The Kier molecular flexibility index (Phi) is 3.98. The lowest BCUT2D eigenvalue weighted by molar-refractivity contribution is -0.136. The van der Waals surface area contributed by atoms with Crippen LogP contribution in [0.2, 0.25) is 0 Å². The molecule has 1 aromatic heterocycles. The Bertz CT molecular complexity index is 355. The molecule has 0 amide bonds. The third kappa shape index (κ3) is 3.96. The third-order valence-corrected chi connectivity index (χ3v) is 1.94. The predicted octanol–water partition coefficient (Wildman–Crippen LogP) is 2.74. The van der Waals surface area contributed by atoms with Gasteiger partial charge in [0.15, 0.2) is 0 Å². The average Bonchev–Trinajstić information content (AvgIpc) is 2.52. The smallest absolute Gasteiger partial charge is 0.352 e. The monoisotopic (exact) mass is 233 g/mol. The Labute approximate surface area is 92.0 Å². The Balaban J connectivity index is 2.66. The van der Waals surface area contributed by atoms with Crippen molar-refractivity contribution in [2.45, 2.75) is 26.1 Å². The van der Waals surface area contributed by atoms with Crippen LogP contribution in [0.5, 0.6) is 0 Å². The highest BCUT2D eigenvalue weighted by atomic mass is 19.4. The Morgan fingerprint density at radius 3 is 2.81 bits per heavy atom. The van der Waals surface area contributed by atoms with Gasteiger partial charge in [0, 0.05) is 19.3 Å². The van der Waals surface area contributed by atoms with E-state index in [1.54, 1.807) is 19.2 Å². The molecule has 0 bridgehead atoms.